The maximum Gasteiger partial charge on any atom is 0.415 e. The molecule has 2 N–H and O–H groups in total. The zero-order valence-corrected chi connectivity index (χ0v) is 11.5. The first-order valence-electron chi connectivity index (χ1n) is 6.48. The van der Waals surface area contributed by atoms with Crippen molar-refractivity contribution < 1.29 is 22.4 Å². The molecule has 1 unspecified atom stereocenters. The van der Waals surface area contributed by atoms with Crippen molar-refractivity contribution in [1.29, 1.82) is 0 Å². The van der Waals surface area contributed by atoms with Crippen LogP contribution in [0.2, 0.25) is 0 Å². The first-order chi connectivity index (χ1) is 9.23. The molecule has 1 saturated carbocycles. The third-order valence-corrected chi connectivity index (χ3v) is 3.92. The third-order valence-electron chi connectivity index (χ3n) is 3.92. The third kappa shape index (κ3) is 2.42. The van der Waals surface area contributed by atoms with E-state index in [1.807, 2.05) is 0 Å². The Morgan fingerprint density at radius 3 is 2.35 bits per heavy atom. The molecule has 1 heterocycles. The molecule has 0 aromatic carbocycles. The number of nitrogens with zero attached hydrogens (tertiary/aromatic N) is 2. The maximum atomic E-state index is 12.9. The van der Waals surface area contributed by atoms with Crippen LogP contribution in [-0.4, -0.2) is 23.4 Å². The summed E-state index contributed by atoms with van der Waals surface area (Å²) in [4.78, 5) is 3.87. The lowest BCUT2D eigenvalue weighted by Crippen LogP contribution is -2.48. The largest absolute Gasteiger partial charge is 0.415 e. The summed E-state index contributed by atoms with van der Waals surface area (Å²) in [5, 5.41) is 3.67. The van der Waals surface area contributed by atoms with Crippen LogP contribution in [-0.2, 0) is 15.9 Å². The number of rotatable bonds is 3. The molecule has 1 atom stereocenters. The van der Waals surface area contributed by atoms with Gasteiger partial charge in [-0.05, 0) is 19.8 Å². The first-order valence-corrected chi connectivity index (χ1v) is 6.48. The summed E-state index contributed by atoms with van der Waals surface area (Å²) in [7, 11) is 1.51. The fourth-order valence-electron chi connectivity index (χ4n) is 2.38. The van der Waals surface area contributed by atoms with Crippen LogP contribution < -0.4 is 5.73 Å². The summed E-state index contributed by atoms with van der Waals surface area (Å²) < 4.78 is 48.8. The molecule has 8 heteroatoms. The van der Waals surface area contributed by atoms with Gasteiger partial charge in [0, 0.05) is 7.11 Å². The lowest BCUT2D eigenvalue weighted by atomic mass is 9.84. The highest BCUT2D eigenvalue weighted by Gasteiger charge is 2.54. The highest BCUT2D eigenvalue weighted by molar-refractivity contribution is 5.09. The van der Waals surface area contributed by atoms with Gasteiger partial charge in [-0.25, -0.2) is 0 Å². The van der Waals surface area contributed by atoms with E-state index in [0.717, 1.165) is 26.2 Å². The number of aromatic nitrogens is 2. The van der Waals surface area contributed by atoms with Crippen molar-refractivity contribution in [2.45, 2.75) is 56.3 Å². The minimum Gasteiger partial charge on any atom is -0.370 e. The van der Waals surface area contributed by atoms with Gasteiger partial charge in [0.25, 0.3) is 5.89 Å². The Kier molecular flexibility index (Phi) is 3.81. The van der Waals surface area contributed by atoms with E-state index in [0.29, 0.717) is 12.8 Å². The summed E-state index contributed by atoms with van der Waals surface area (Å²) in [6.07, 6.45) is -0.449. The quantitative estimate of drug-likeness (QED) is 0.927. The van der Waals surface area contributed by atoms with E-state index in [4.69, 9.17) is 15.0 Å². The summed E-state index contributed by atoms with van der Waals surface area (Å²) in [6.45, 7) is 0.810. The van der Waals surface area contributed by atoms with Gasteiger partial charge in [-0.2, -0.15) is 18.2 Å². The topological polar surface area (TPSA) is 74.2 Å². The van der Waals surface area contributed by atoms with Crippen molar-refractivity contribution >= 4 is 0 Å². The van der Waals surface area contributed by atoms with Gasteiger partial charge in [0.15, 0.2) is 5.54 Å². The Hall–Kier alpha value is -1.15. The maximum absolute atomic E-state index is 12.9. The fourth-order valence-corrected chi connectivity index (χ4v) is 2.38. The molecule has 1 fully saturated rings. The van der Waals surface area contributed by atoms with Crippen LogP contribution in [0.5, 0.6) is 0 Å². The van der Waals surface area contributed by atoms with E-state index < -0.39 is 23.2 Å². The fraction of sp³-hybridized carbons (Fsp3) is 0.833. The molecule has 5 nitrogen and oxygen atoms in total. The van der Waals surface area contributed by atoms with Gasteiger partial charge >= 0.3 is 6.18 Å². The van der Waals surface area contributed by atoms with Crippen LogP contribution in [0.4, 0.5) is 13.2 Å². The molecule has 114 valence electrons. The van der Waals surface area contributed by atoms with Crippen LogP contribution >= 0.6 is 0 Å². The average molecular weight is 293 g/mol. The van der Waals surface area contributed by atoms with E-state index in [1.54, 1.807) is 0 Å². The SMILES string of the molecule is COC1(c2noc(C(C)(N)C(F)(F)F)n2)CCCCC1. The predicted octanol–water partition coefficient (Wildman–Crippen LogP) is 2.61. The van der Waals surface area contributed by atoms with Crippen LogP contribution in [0.3, 0.4) is 0 Å². The molecule has 0 bridgehead atoms. The Labute approximate surface area is 114 Å². The van der Waals surface area contributed by atoms with Crippen molar-refractivity contribution in [3.05, 3.63) is 11.7 Å². The predicted molar refractivity (Wildman–Crippen MR) is 63.7 cm³/mol. The second-order valence-corrected chi connectivity index (χ2v) is 5.38. The van der Waals surface area contributed by atoms with Gasteiger partial charge in [0.1, 0.15) is 5.60 Å². The minimum atomic E-state index is -4.66. The van der Waals surface area contributed by atoms with Crippen LogP contribution in [0.1, 0.15) is 50.7 Å². The number of ether oxygens (including phenoxy) is 1. The van der Waals surface area contributed by atoms with Crippen molar-refractivity contribution in [3.8, 4) is 0 Å². The molecule has 20 heavy (non-hydrogen) atoms. The lowest BCUT2D eigenvalue weighted by Gasteiger charge is -2.32. The summed E-state index contributed by atoms with van der Waals surface area (Å²) >= 11 is 0. The number of halogens is 3. The van der Waals surface area contributed by atoms with E-state index in [1.165, 1.54) is 7.11 Å². The number of hydrogen-bond donors (Lipinski definition) is 1. The number of methoxy groups -OCH3 is 1. The van der Waals surface area contributed by atoms with E-state index in [2.05, 4.69) is 10.1 Å². The van der Waals surface area contributed by atoms with Gasteiger partial charge in [0.2, 0.25) is 5.82 Å². The second-order valence-electron chi connectivity index (χ2n) is 5.38. The Morgan fingerprint density at radius 2 is 1.85 bits per heavy atom. The molecule has 1 aliphatic rings. The lowest BCUT2D eigenvalue weighted by molar-refractivity contribution is -0.190. The Morgan fingerprint density at radius 1 is 1.25 bits per heavy atom. The molecule has 0 amide bonds. The molecule has 0 spiro atoms. The number of alkyl halides is 3. The van der Waals surface area contributed by atoms with Crippen molar-refractivity contribution in [2.75, 3.05) is 7.11 Å². The van der Waals surface area contributed by atoms with Gasteiger partial charge < -0.3 is 15.0 Å². The van der Waals surface area contributed by atoms with Crippen LogP contribution in [0.15, 0.2) is 4.52 Å². The van der Waals surface area contributed by atoms with Crippen LogP contribution in [0.25, 0.3) is 0 Å². The smallest absolute Gasteiger partial charge is 0.370 e. The van der Waals surface area contributed by atoms with Crippen LogP contribution in [0, 0.1) is 0 Å². The highest BCUT2D eigenvalue weighted by atomic mass is 19.4. The number of hydrogen-bond acceptors (Lipinski definition) is 5. The normalized spacial score (nSPS) is 22.5. The first kappa shape index (κ1) is 15.2. The Bertz CT molecular complexity index is 465. The minimum absolute atomic E-state index is 0.149. The van der Waals surface area contributed by atoms with E-state index in [-0.39, 0.29) is 5.82 Å². The highest BCUT2D eigenvalue weighted by Crippen LogP contribution is 2.40. The number of nitrogens with two attached hydrogens (primary N) is 1. The van der Waals surface area contributed by atoms with Crippen molar-refractivity contribution in [3.63, 3.8) is 0 Å². The Balaban J connectivity index is 2.33. The van der Waals surface area contributed by atoms with Crippen molar-refractivity contribution in [2.24, 2.45) is 5.73 Å². The summed E-state index contributed by atoms with van der Waals surface area (Å²) in [6, 6.07) is 0. The molecule has 0 saturated heterocycles. The average Bonchev–Trinajstić information content (AvgIpc) is 2.89. The molecule has 1 aromatic heterocycles. The standard InChI is InChI=1S/C12H18F3N3O2/c1-10(16,12(13,14)15)9-17-8(18-20-9)11(19-2)6-4-3-5-7-11/h3-7,16H2,1-2H3. The van der Waals surface area contributed by atoms with Gasteiger partial charge in [0.05, 0.1) is 0 Å². The zero-order valence-electron chi connectivity index (χ0n) is 11.5. The molecule has 1 aliphatic carbocycles. The van der Waals surface area contributed by atoms with Crippen molar-refractivity contribution in [1.82, 2.24) is 10.1 Å². The molecular weight excluding hydrogens is 275 g/mol. The second kappa shape index (κ2) is 5.00. The molecule has 1 aromatic rings. The van der Waals surface area contributed by atoms with Gasteiger partial charge in [-0.1, -0.05) is 24.4 Å². The molecule has 0 radical (unpaired) electrons. The van der Waals surface area contributed by atoms with Gasteiger partial charge in [-0.3, -0.25) is 0 Å². The monoisotopic (exact) mass is 293 g/mol. The van der Waals surface area contributed by atoms with E-state index in [9.17, 15) is 13.2 Å². The zero-order chi connectivity index (χ0) is 15.0. The van der Waals surface area contributed by atoms with E-state index >= 15 is 0 Å². The summed E-state index contributed by atoms with van der Waals surface area (Å²) in [5.74, 6) is -0.488. The molecular formula is C12H18F3N3O2. The summed E-state index contributed by atoms with van der Waals surface area (Å²) in [5.41, 5.74) is 1.85. The molecule has 0 aliphatic heterocycles. The molecule has 2 rings (SSSR count). The van der Waals surface area contributed by atoms with Gasteiger partial charge in [-0.15, -0.1) is 0 Å².